The molecule has 3 aliphatic carbocycles. The van der Waals surface area contributed by atoms with Gasteiger partial charge in [-0.3, -0.25) is 0 Å². The van der Waals surface area contributed by atoms with Crippen molar-refractivity contribution in [2.24, 2.45) is 38.5 Å². The lowest BCUT2D eigenvalue weighted by molar-refractivity contribution is 0.00680. The van der Waals surface area contributed by atoms with Crippen LogP contribution in [0.3, 0.4) is 0 Å². The van der Waals surface area contributed by atoms with Crippen molar-refractivity contribution >= 4 is 124 Å². The second kappa shape index (κ2) is 40.5. The van der Waals surface area contributed by atoms with Gasteiger partial charge in [0, 0.05) is 84.9 Å². The number of halogens is 7. The molecule has 2 amide bonds. The normalized spacial score (nSPS) is 20.4. The highest BCUT2D eigenvalue weighted by molar-refractivity contribution is 7.90. The van der Waals surface area contributed by atoms with Gasteiger partial charge in [-0.05, 0) is 196 Å². The maximum Gasteiger partial charge on any atom is 0.419 e. The Bertz CT molecular complexity index is 5820. The Morgan fingerprint density at radius 1 is 0.520 bits per heavy atom. The fraction of sp³-hybridized carbons (Fsp3) is 0.466. The summed E-state index contributed by atoms with van der Waals surface area (Å²) >= 11 is 5.73. The molecule has 3 atom stereocenters. The van der Waals surface area contributed by atoms with Crippen molar-refractivity contribution in [1.82, 2.24) is 52.6 Å². The molecule has 3 fully saturated rings. The fourth-order valence-electron chi connectivity index (χ4n) is 12.0. The average Bonchev–Trinajstić information content (AvgIpc) is 1.31. The number of rotatable bonds is 19. The van der Waals surface area contributed by atoms with Crippen LogP contribution in [0.25, 0.3) is 35.7 Å². The van der Waals surface area contributed by atoms with Gasteiger partial charge in [-0.1, -0.05) is 80.9 Å². The molecule has 682 valence electrons. The van der Waals surface area contributed by atoms with Gasteiger partial charge in [0.2, 0.25) is 47.9 Å². The summed E-state index contributed by atoms with van der Waals surface area (Å²) in [5.41, 5.74) is 0.382. The van der Waals surface area contributed by atoms with E-state index in [-0.39, 0.29) is 81.4 Å². The molecule has 3 saturated carbocycles. The number of carbonyl (C=O) groups is 2. The minimum Gasteiger partial charge on any atom is -0.443 e. The van der Waals surface area contributed by atoms with Crippen molar-refractivity contribution in [1.29, 1.82) is 0 Å². The first-order chi connectivity index (χ1) is 59.0. The lowest BCUT2D eigenvalue weighted by atomic mass is 9.92. The molecule has 3 aromatic heterocycles. The third kappa shape index (κ3) is 29.1. The Balaban J connectivity index is 0.000000212. The lowest BCUT2D eigenvalue weighted by Crippen LogP contribution is -2.56. The van der Waals surface area contributed by atoms with Gasteiger partial charge in [0.05, 0.1) is 54.4 Å². The van der Waals surface area contributed by atoms with E-state index in [1.807, 2.05) is 0 Å². The fourth-order valence-corrected chi connectivity index (χ4v) is 18.1. The average molecular weight is 1870 g/mol. The molecule has 3 aromatic carbocycles. The number of hydrogen-bond acceptors (Lipinski definition) is 22. The highest BCUT2D eigenvalue weighted by atomic mass is 35.5. The maximum atomic E-state index is 15.5. The Kier molecular flexibility index (Phi) is 32.0. The summed E-state index contributed by atoms with van der Waals surface area (Å²) < 4.78 is 195. The zero-order valence-corrected chi connectivity index (χ0v) is 79.6. The van der Waals surface area contributed by atoms with Crippen LogP contribution in [0.1, 0.15) is 163 Å². The Morgan fingerprint density at radius 3 is 1.12 bits per heavy atom. The number of terminal acetylenes is 1. The number of ether oxygens (including phenoxy) is 4. The molecule has 3 aliphatic heterocycles. The Labute approximate surface area is 747 Å². The number of nitrogens with two attached hydrogens (primary N) is 1. The second-order valence-corrected chi connectivity index (χ2v) is 54.0. The van der Waals surface area contributed by atoms with Crippen molar-refractivity contribution in [2.45, 2.75) is 180 Å². The van der Waals surface area contributed by atoms with E-state index in [1.165, 1.54) is 128 Å². The molecular formula is C88H108ClF6N15O12S3Si2. The minimum atomic E-state index is -4.13. The van der Waals surface area contributed by atoms with E-state index in [9.17, 15) is 48.0 Å². The molecule has 0 spiro atoms. The summed E-state index contributed by atoms with van der Waals surface area (Å²) in [4.78, 5) is 66.3. The van der Waals surface area contributed by atoms with Gasteiger partial charge in [0.1, 0.15) is 92.4 Å². The number of nitrogens with zero attached hydrogens (tertiary/aromatic N) is 14. The van der Waals surface area contributed by atoms with E-state index in [0.717, 1.165) is 97.0 Å². The van der Waals surface area contributed by atoms with Crippen LogP contribution in [0.15, 0.2) is 107 Å². The smallest absolute Gasteiger partial charge is 0.419 e. The Morgan fingerprint density at radius 2 is 0.843 bits per heavy atom. The first-order valence-corrected chi connectivity index (χ1v) is 53.3. The van der Waals surface area contributed by atoms with Crippen molar-refractivity contribution < 1.29 is 80.1 Å². The molecular weight excluding hydrogens is 1760 g/mol. The zero-order chi connectivity index (χ0) is 94.0. The summed E-state index contributed by atoms with van der Waals surface area (Å²) in [5, 5.41) is 0.0903. The van der Waals surface area contributed by atoms with Crippen molar-refractivity contribution in [3.63, 3.8) is 0 Å². The molecule has 27 nitrogen and oxygen atoms in total. The van der Waals surface area contributed by atoms with Gasteiger partial charge < -0.3 is 24.7 Å². The monoisotopic (exact) mass is 1870 g/mol. The molecule has 6 aromatic rings. The number of hydrogen-bond donors (Lipinski definition) is 1. The molecule has 0 saturated heterocycles. The molecule has 39 heteroatoms. The molecule has 0 radical (unpaired) electrons. The first kappa shape index (κ1) is 100. The van der Waals surface area contributed by atoms with E-state index in [1.54, 1.807) is 41.5 Å². The third-order valence-corrected chi connectivity index (χ3v) is 29.2. The number of guanidine groups is 3. The number of sulfonamides is 3. The van der Waals surface area contributed by atoms with Crippen molar-refractivity contribution in [3.05, 3.63) is 176 Å². The van der Waals surface area contributed by atoms with Gasteiger partial charge in [-0.2, -0.15) is 0 Å². The van der Waals surface area contributed by atoms with Gasteiger partial charge in [0.25, 0.3) is 0 Å². The van der Waals surface area contributed by atoms with Gasteiger partial charge in [0.15, 0.2) is 17.5 Å². The van der Waals surface area contributed by atoms with E-state index >= 15 is 13.2 Å². The number of aliphatic imine (C=N–C) groups is 3. The summed E-state index contributed by atoms with van der Waals surface area (Å²) in [7, 11) is -11.2. The molecule has 6 heterocycles. The van der Waals surface area contributed by atoms with Crippen LogP contribution in [0.2, 0.25) is 56.5 Å². The molecule has 0 unspecified atom stereocenters. The Hall–Kier alpha value is -10.4. The first-order valence-electron chi connectivity index (χ1n) is 40.7. The topological polar surface area (TPSA) is 330 Å². The van der Waals surface area contributed by atoms with E-state index in [2.05, 4.69) is 114 Å². The van der Waals surface area contributed by atoms with Crippen LogP contribution in [0.4, 0.5) is 35.9 Å². The van der Waals surface area contributed by atoms with Gasteiger partial charge in [-0.15, -0.1) is 12.3 Å². The van der Waals surface area contributed by atoms with Crippen LogP contribution in [0, 0.1) is 71.2 Å². The third-order valence-electron chi connectivity index (χ3n) is 19.8. The number of amides is 2. The van der Waals surface area contributed by atoms with E-state index < -0.39 is 138 Å². The molecule has 127 heavy (non-hydrogen) atoms. The predicted octanol–water partition coefficient (Wildman–Crippen LogP) is 16.1. The number of aromatic nitrogens is 6. The van der Waals surface area contributed by atoms with Crippen LogP contribution in [0.5, 0.6) is 0 Å². The number of benzene rings is 3. The highest BCUT2D eigenvalue weighted by Crippen LogP contribution is 2.41. The minimum absolute atomic E-state index is 0.00296. The number of carbonyl (C=O) groups excluding carboxylic acids is 2. The molecule has 0 bridgehead atoms. The SMILES string of the molecule is C#CC1CC1.CN1C(N(COCC[Si](C)(C)C)C(=O)OC(C)(C)C)=N[C@](C)(c2cc(/C=C(\F)c3cnc(C#CC4CC4)cn3)ccc2F)CS1(=O)=O.CN1C(N(COCC[Si](C)(C)C)C(=O)OC(C)(C)C)=N[C@](C)(c2cc(/C=C(\F)c3cnc(Cl)cn3)ccc2F)CS1(=O)=O.CN1C(N)=N[C@](C)(c2cc(/C=C(\F)c3cnc(C#CC4CC4)cn3)ccc2F)CS1(=O)=O. The summed E-state index contributed by atoms with van der Waals surface area (Å²) in [5.74, 6) is 9.20. The van der Waals surface area contributed by atoms with Crippen LogP contribution in [-0.4, -0.2) is 200 Å². The summed E-state index contributed by atoms with van der Waals surface area (Å²) in [6, 6.07) is 13.0. The molecule has 6 aliphatic rings. The molecule has 12 rings (SSSR count). The van der Waals surface area contributed by atoms with Gasteiger partial charge in [-0.25, -0.2) is 129 Å². The van der Waals surface area contributed by atoms with Crippen LogP contribution < -0.4 is 5.73 Å². The highest BCUT2D eigenvalue weighted by Gasteiger charge is 2.49. The van der Waals surface area contributed by atoms with Gasteiger partial charge >= 0.3 is 12.2 Å². The van der Waals surface area contributed by atoms with Crippen molar-refractivity contribution in [3.8, 4) is 36.0 Å². The quantitative estimate of drug-likeness (QED) is 0.0259. The van der Waals surface area contributed by atoms with E-state index in [0.29, 0.717) is 47.9 Å². The summed E-state index contributed by atoms with van der Waals surface area (Å²) in [6.07, 6.45) is 21.2. The standard InChI is InChI=1S/C33H43F2N5O5SSi.C28H38ClF2N5O5SSi.C22H21F2N5O2S.C5H6/c1-32(2,3)45-31(41)40(22-44-15-16-47(6,7)8)30-38-33(4,21-46(42,43)39(30)5)26-17-24(12-14-27(26)34)18-28(35)29-20-36-25(19-37-29)13-11-23-9-10-23;1-27(2,3)41-26(37)36(18-40-11-12-43(6,7)8)25-34-28(4,17-42(38,39)35(25)5)20-13-19(9-10-21(20)30)14-22(31)23-15-33-24(29)16-32-23;1-22(13-32(30,31)29(2)21(25)28-22)17-9-15(6-8-18(17)23)10-19(24)20-12-26-16(11-27-20)7-5-14-3-4-14;1-2-5-3-4-5/h12,14,17-20,23H,9-10,15-16,21-22H2,1-8H3;9-10,13-16H,11-12,17-18H2,1-8H3;6,8-12,14H,3-4,13H2,1-2H3,(H2,25,28);1,5H,3-4H2/b28-18-;22-14-;19-10-;/t33-;28-;22-;/m000./s1. The molecule has 2 N–H and O–H groups in total. The van der Waals surface area contributed by atoms with E-state index in [4.69, 9.17) is 42.7 Å². The zero-order valence-electron chi connectivity index (χ0n) is 74.4. The second-order valence-electron chi connectivity index (χ2n) is 36.3. The van der Waals surface area contributed by atoms with Crippen molar-refractivity contribution in [2.75, 3.05) is 65.1 Å². The lowest BCUT2D eigenvalue weighted by Gasteiger charge is -2.39. The van der Waals surface area contributed by atoms with Crippen LogP contribution >= 0.6 is 11.6 Å². The predicted molar refractivity (Wildman–Crippen MR) is 485 cm³/mol. The van der Waals surface area contributed by atoms with Crippen LogP contribution in [-0.2, 0) is 65.6 Å². The largest absolute Gasteiger partial charge is 0.443 e. The maximum absolute atomic E-state index is 15.5. The summed E-state index contributed by atoms with van der Waals surface area (Å²) in [6.45, 7) is 27.5.